The van der Waals surface area contributed by atoms with Crippen molar-refractivity contribution in [2.45, 2.75) is 20.5 Å². The molecule has 2 aromatic carbocycles. The zero-order valence-electron chi connectivity index (χ0n) is 10.3. The Labute approximate surface area is 120 Å². The largest absolute Gasteiger partial charge is 0.486 e. The lowest BCUT2D eigenvalue weighted by Gasteiger charge is -2.12. The Kier molecular flexibility index (Phi) is 4.22. The molecule has 0 bridgehead atoms. The number of ether oxygens (including phenoxy) is 1. The number of halogens is 2. The van der Waals surface area contributed by atoms with Crippen molar-refractivity contribution in [3.63, 3.8) is 0 Å². The van der Waals surface area contributed by atoms with Gasteiger partial charge in [-0.15, -0.1) is 0 Å². The van der Waals surface area contributed by atoms with Crippen molar-refractivity contribution in [3.05, 3.63) is 62.5 Å². The minimum atomic E-state index is -0.263. The molecule has 0 fully saturated rings. The van der Waals surface area contributed by atoms with Gasteiger partial charge in [0.1, 0.15) is 6.61 Å². The first-order chi connectivity index (χ1) is 8.59. The average molecular weight is 356 g/mol. The van der Waals surface area contributed by atoms with Crippen LogP contribution < -0.4 is 4.74 Å². The molecule has 2 rings (SSSR count). The molecule has 3 heteroatoms. The van der Waals surface area contributed by atoms with Gasteiger partial charge in [0.2, 0.25) is 0 Å². The molecule has 0 heterocycles. The number of hydrogen-bond acceptors (Lipinski definition) is 1. The molecular weight excluding hydrogens is 342 g/mol. The van der Waals surface area contributed by atoms with Crippen LogP contribution in [0.4, 0.5) is 4.39 Å². The molecule has 0 aromatic heterocycles. The van der Waals surface area contributed by atoms with Crippen molar-refractivity contribution >= 4 is 22.6 Å². The van der Waals surface area contributed by atoms with Gasteiger partial charge in [-0.1, -0.05) is 30.3 Å². The summed E-state index contributed by atoms with van der Waals surface area (Å²) in [5.74, 6) is 0.0650. The van der Waals surface area contributed by atoms with Crippen LogP contribution in [0, 0.1) is 23.2 Å². The molecular formula is C15H14FIO. The highest BCUT2D eigenvalue weighted by Gasteiger charge is 2.12. The highest BCUT2D eigenvalue weighted by Crippen LogP contribution is 2.28. The summed E-state index contributed by atoms with van der Waals surface area (Å²) in [6.07, 6.45) is 0. The van der Waals surface area contributed by atoms with Gasteiger partial charge in [0.25, 0.3) is 0 Å². The quantitative estimate of drug-likeness (QED) is 0.729. The second-order valence-electron chi connectivity index (χ2n) is 4.22. The van der Waals surface area contributed by atoms with Crippen LogP contribution in [-0.4, -0.2) is 0 Å². The molecule has 0 spiro atoms. The molecule has 0 aliphatic carbocycles. The van der Waals surface area contributed by atoms with Crippen molar-refractivity contribution in [2.24, 2.45) is 0 Å². The third-order valence-corrected chi connectivity index (χ3v) is 4.47. The second-order valence-corrected chi connectivity index (χ2v) is 5.30. The monoisotopic (exact) mass is 356 g/mol. The molecule has 0 aliphatic heterocycles. The van der Waals surface area contributed by atoms with Crippen molar-refractivity contribution in [1.29, 1.82) is 0 Å². The molecule has 0 radical (unpaired) electrons. The predicted octanol–water partition coefficient (Wildman–Crippen LogP) is 4.63. The van der Waals surface area contributed by atoms with Crippen LogP contribution in [0.5, 0.6) is 5.75 Å². The fourth-order valence-corrected chi connectivity index (χ4v) is 2.13. The summed E-state index contributed by atoms with van der Waals surface area (Å²) in [5, 5.41) is 0. The maximum absolute atomic E-state index is 14.0. The normalized spacial score (nSPS) is 10.4. The Morgan fingerprint density at radius 3 is 2.50 bits per heavy atom. The Bertz CT molecular complexity index is 552. The van der Waals surface area contributed by atoms with E-state index in [1.54, 1.807) is 13.0 Å². The molecule has 0 amide bonds. The molecule has 1 nitrogen and oxygen atoms in total. The van der Waals surface area contributed by atoms with Crippen molar-refractivity contribution in [2.75, 3.05) is 0 Å². The standard InChI is InChI=1S/C15H14FIO/c1-10-8-13(14(16)11(2)15(10)17)18-9-12-6-4-3-5-7-12/h3-8H,9H2,1-2H3. The van der Waals surface area contributed by atoms with Crippen LogP contribution in [0.2, 0.25) is 0 Å². The molecule has 18 heavy (non-hydrogen) atoms. The van der Waals surface area contributed by atoms with Crippen molar-refractivity contribution in [3.8, 4) is 5.75 Å². The smallest absolute Gasteiger partial charge is 0.169 e. The maximum Gasteiger partial charge on any atom is 0.169 e. The second kappa shape index (κ2) is 5.69. The van der Waals surface area contributed by atoms with Gasteiger partial charge in [-0.3, -0.25) is 0 Å². The molecule has 0 saturated carbocycles. The Morgan fingerprint density at radius 2 is 1.83 bits per heavy atom. The minimum Gasteiger partial charge on any atom is -0.486 e. The molecule has 94 valence electrons. The summed E-state index contributed by atoms with van der Waals surface area (Å²) >= 11 is 2.16. The van der Waals surface area contributed by atoms with Gasteiger partial charge < -0.3 is 4.74 Å². The van der Waals surface area contributed by atoms with Gasteiger partial charge in [-0.25, -0.2) is 4.39 Å². The molecule has 0 saturated heterocycles. The van der Waals surface area contributed by atoms with E-state index in [1.165, 1.54) is 0 Å². The lowest BCUT2D eigenvalue weighted by molar-refractivity contribution is 0.289. The topological polar surface area (TPSA) is 9.23 Å². The van der Waals surface area contributed by atoms with E-state index in [-0.39, 0.29) is 5.82 Å². The molecule has 0 unspecified atom stereocenters. The van der Waals surface area contributed by atoms with Crippen LogP contribution in [0.15, 0.2) is 36.4 Å². The summed E-state index contributed by atoms with van der Waals surface area (Å²) in [6, 6.07) is 11.5. The molecule has 0 N–H and O–H groups in total. The molecule has 0 atom stereocenters. The van der Waals surface area contributed by atoms with E-state index < -0.39 is 0 Å². The van der Waals surface area contributed by atoms with E-state index in [4.69, 9.17) is 4.74 Å². The number of benzene rings is 2. The van der Waals surface area contributed by atoms with Gasteiger partial charge in [0.15, 0.2) is 11.6 Å². The van der Waals surface area contributed by atoms with Crippen LogP contribution >= 0.6 is 22.6 Å². The van der Waals surface area contributed by atoms with Crippen LogP contribution in [0.25, 0.3) is 0 Å². The summed E-state index contributed by atoms with van der Waals surface area (Å²) < 4.78 is 20.5. The van der Waals surface area contributed by atoms with Crippen molar-refractivity contribution in [1.82, 2.24) is 0 Å². The van der Waals surface area contributed by atoms with Gasteiger partial charge in [-0.05, 0) is 53.6 Å². The summed E-state index contributed by atoms with van der Waals surface area (Å²) in [5.41, 5.74) is 2.72. The van der Waals surface area contributed by atoms with E-state index >= 15 is 0 Å². The molecule has 2 aromatic rings. The van der Waals surface area contributed by atoms with Crippen LogP contribution in [-0.2, 0) is 6.61 Å². The van der Waals surface area contributed by atoms with Gasteiger partial charge >= 0.3 is 0 Å². The zero-order chi connectivity index (χ0) is 13.1. The number of rotatable bonds is 3. The van der Waals surface area contributed by atoms with Gasteiger partial charge in [0, 0.05) is 9.13 Å². The third kappa shape index (κ3) is 2.83. The highest BCUT2D eigenvalue weighted by atomic mass is 127. The Balaban J connectivity index is 2.20. The highest BCUT2D eigenvalue weighted by molar-refractivity contribution is 14.1. The summed E-state index contributed by atoms with van der Waals surface area (Å²) in [7, 11) is 0. The number of hydrogen-bond donors (Lipinski definition) is 0. The van der Waals surface area contributed by atoms with E-state index in [0.717, 1.165) is 14.7 Å². The third-order valence-electron chi connectivity index (χ3n) is 2.81. The predicted molar refractivity (Wildman–Crippen MR) is 79.4 cm³/mol. The first-order valence-corrected chi connectivity index (χ1v) is 6.79. The fourth-order valence-electron chi connectivity index (χ4n) is 1.74. The Hall–Kier alpha value is -1.10. The van der Waals surface area contributed by atoms with E-state index in [2.05, 4.69) is 22.6 Å². The van der Waals surface area contributed by atoms with E-state index in [0.29, 0.717) is 17.9 Å². The zero-order valence-corrected chi connectivity index (χ0v) is 12.5. The van der Waals surface area contributed by atoms with Crippen LogP contribution in [0.3, 0.4) is 0 Å². The van der Waals surface area contributed by atoms with Gasteiger partial charge in [-0.2, -0.15) is 0 Å². The molecule has 0 aliphatic rings. The summed E-state index contributed by atoms with van der Waals surface area (Å²) in [6.45, 7) is 4.13. The number of aryl methyl sites for hydroxylation is 1. The first kappa shape index (κ1) is 13.3. The van der Waals surface area contributed by atoms with E-state index in [9.17, 15) is 4.39 Å². The average Bonchev–Trinajstić information content (AvgIpc) is 2.40. The SMILES string of the molecule is Cc1cc(OCc2ccccc2)c(F)c(C)c1I. The fraction of sp³-hybridized carbons (Fsp3) is 0.200. The maximum atomic E-state index is 14.0. The van der Waals surface area contributed by atoms with Crippen molar-refractivity contribution < 1.29 is 9.13 Å². The van der Waals surface area contributed by atoms with Crippen LogP contribution in [0.1, 0.15) is 16.7 Å². The van der Waals surface area contributed by atoms with Gasteiger partial charge in [0.05, 0.1) is 0 Å². The minimum absolute atomic E-state index is 0.263. The first-order valence-electron chi connectivity index (χ1n) is 5.71. The summed E-state index contributed by atoms with van der Waals surface area (Å²) in [4.78, 5) is 0. The van der Waals surface area contributed by atoms with E-state index in [1.807, 2.05) is 37.3 Å². The lowest BCUT2D eigenvalue weighted by Crippen LogP contribution is -2.01. The Morgan fingerprint density at radius 1 is 1.17 bits per heavy atom. The lowest BCUT2D eigenvalue weighted by atomic mass is 10.1.